The SMILES string of the molecule is NCCCC[C@H](C=O)NCCCCNC(=O)c1ccc(NC(=O)NC2CCCC2)cc1. The van der Waals surface area contributed by atoms with Crippen LogP contribution in [0.15, 0.2) is 24.3 Å². The van der Waals surface area contributed by atoms with Crippen LogP contribution in [0.2, 0.25) is 0 Å². The highest BCUT2D eigenvalue weighted by molar-refractivity contribution is 5.95. The number of urea groups is 1. The lowest BCUT2D eigenvalue weighted by atomic mass is 10.1. The average molecular weight is 432 g/mol. The Hall–Kier alpha value is -2.45. The van der Waals surface area contributed by atoms with E-state index in [2.05, 4.69) is 21.3 Å². The summed E-state index contributed by atoms with van der Waals surface area (Å²) in [7, 11) is 0. The fourth-order valence-electron chi connectivity index (χ4n) is 3.70. The number of hydrogen-bond donors (Lipinski definition) is 5. The molecule has 0 saturated heterocycles. The molecule has 0 bridgehead atoms. The van der Waals surface area contributed by atoms with Crippen molar-refractivity contribution in [3.05, 3.63) is 29.8 Å². The minimum absolute atomic E-state index is 0.117. The van der Waals surface area contributed by atoms with Gasteiger partial charge in [-0.3, -0.25) is 4.79 Å². The van der Waals surface area contributed by atoms with Crippen LogP contribution in [0.1, 0.15) is 68.1 Å². The summed E-state index contributed by atoms with van der Waals surface area (Å²) in [6.07, 6.45) is 9.75. The molecule has 1 aliphatic carbocycles. The third kappa shape index (κ3) is 9.93. The summed E-state index contributed by atoms with van der Waals surface area (Å²) in [5.74, 6) is -0.137. The van der Waals surface area contributed by atoms with Gasteiger partial charge in [0, 0.05) is 23.8 Å². The molecule has 8 heteroatoms. The largest absolute Gasteiger partial charge is 0.352 e. The molecule has 2 rings (SSSR count). The van der Waals surface area contributed by atoms with Crippen molar-refractivity contribution in [1.29, 1.82) is 0 Å². The molecule has 0 spiro atoms. The summed E-state index contributed by atoms with van der Waals surface area (Å²) >= 11 is 0. The smallest absolute Gasteiger partial charge is 0.319 e. The van der Waals surface area contributed by atoms with E-state index in [1.165, 1.54) is 12.8 Å². The molecule has 1 saturated carbocycles. The van der Waals surface area contributed by atoms with Crippen LogP contribution in [-0.2, 0) is 4.79 Å². The van der Waals surface area contributed by atoms with Crippen molar-refractivity contribution in [2.45, 2.75) is 69.9 Å². The van der Waals surface area contributed by atoms with Gasteiger partial charge in [0.1, 0.15) is 6.29 Å². The average Bonchev–Trinajstić information content (AvgIpc) is 3.28. The van der Waals surface area contributed by atoms with Crippen molar-refractivity contribution >= 4 is 23.9 Å². The molecule has 0 radical (unpaired) electrons. The number of rotatable bonds is 14. The Labute approximate surface area is 185 Å². The van der Waals surface area contributed by atoms with Crippen LogP contribution in [0.5, 0.6) is 0 Å². The fourth-order valence-corrected chi connectivity index (χ4v) is 3.70. The maximum Gasteiger partial charge on any atom is 0.319 e. The second kappa shape index (κ2) is 14.5. The zero-order valence-corrected chi connectivity index (χ0v) is 18.3. The molecule has 0 aliphatic heterocycles. The monoisotopic (exact) mass is 431 g/mol. The number of nitrogens with two attached hydrogens (primary N) is 1. The van der Waals surface area contributed by atoms with Crippen LogP contribution < -0.4 is 27.0 Å². The van der Waals surface area contributed by atoms with Crippen LogP contribution in [0.4, 0.5) is 10.5 Å². The van der Waals surface area contributed by atoms with Crippen molar-refractivity contribution in [3.8, 4) is 0 Å². The molecule has 1 fully saturated rings. The van der Waals surface area contributed by atoms with E-state index >= 15 is 0 Å². The fraction of sp³-hybridized carbons (Fsp3) is 0.609. The minimum Gasteiger partial charge on any atom is -0.352 e. The molecule has 172 valence electrons. The first-order valence-electron chi connectivity index (χ1n) is 11.5. The predicted molar refractivity (Wildman–Crippen MR) is 123 cm³/mol. The first kappa shape index (κ1) is 24.8. The second-order valence-corrected chi connectivity index (χ2v) is 8.10. The number of benzene rings is 1. The predicted octanol–water partition coefficient (Wildman–Crippen LogP) is 2.55. The zero-order chi connectivity index (χ0) is 22.3. The van der Waals surface area contributed by atoms with E-state index in [9.17, 15) is 14.4 Å². The molecular weight excluding hydrogens is 394 g/mol. The first-order chi connectivity index (χ1) is 15.1. The first-order valence-corrected chi connectivity index (χ1v) is 11.5. The van der Waals surface area contributed by atoms with E-state index in [1.807, 2.05) is 0 Å². The third-order valence-corrected chi connectivity index (χ3v) is 5.52. The van der Waals surface area contributed by atoms with E-state index in [4.69, 9.17) is 5.73 Å². The normalized spacial score (nSPS) is 14.7. The van der Waals surface area contributed by atoms with Crippen molar-refractivity contribution in [2.75, 3.05) is 25.0 Å². The Morgan fingerprint density at radius 1 is 1.03 bits per heavy atom. The maximum absolute atomic E-state index is 12.3. The topological polar surface area (TPSA) is 125 Å². The second-order valence-electron chi connectivity index (χ2n) is 8.10. The Kier molecular flexibility index (Phi) is 11.6. The van der Waals surface area contributed by atoms with E-state index in [0.717, 1.165) is 57.8 Å². The molecule has 3 amide bonds. The van der Waals surface area contributed by atoms with Crippen LogP contribution in [0, 0.1) is 0 Å². The molecule has 8 nitrogen and oxygen atoms in total. The molecule has 1 aliphatic rings. The lowest BCUT2D eigenvalue weighted by molar-refractivity contribution is -0.109. The summed E-state index contributed by atoms with van der Waals surface area (Å²) in [5.41, 5.74) is 6.69. The number of nitrogens with one attached hydrogen (secondary N) is 4. The molecule has 1 aromatic rings. The molecule has 0 aromatic heterocycles. The molecule has 1 atom stereocenters. The number of aldehydes is 1. The number of unbranched alkanes of at least 4 members (excludes halogenated alkanes) is 2. The number of carbonyl (C=O) groups excluding carboxylic acids is 3. The number of carbonyl (C=O) groups is 3. The van der Waals surface area contributed by atoms with Gasteiger partial charge in [0.15, 0.2) is 0 Å². The number of amides is 3. The number of hydrogen-bond acceptors (Lipinski definition) is 5. The van der Waals surface area contributed by atoms with E-state index in [-0.39, 0.29) is 24.0 Å². The van der Waals surface area contributed by atoms with E-state index in [1.54, 1.807) is 24.3 Å². The summed E-state index contributed by atoms with van der Waals surface area (Å²) in [5, 5.41) is 11.9. The van der Waals surface area contributed by atoms with Gasteiger partial charge in [0.25, 0.3) is 5.91 Å². The van der Waals surface area contributed by atoms with Gasteiger partial charge in [-0.1, -0.05) is 19.3 Å². The highest BCUT2D eigenvalue weighted by Crippen LogP contribution is 2.18. The molecule has 6 N–H and O–H groups in total. The van der Waals surface area contributed by atoms with Crippen LogP contribution >= 0.6 is 0 Å². The molecule has 31 heavy (non-hydrogen) atoms. The van der Waals surface area contributed by atoms with Crippen LogP contribution in [0.25, 0.3) is 0 Å². The maximum atomic E-state index is 12.3. The lowest BCUT2D eigenvalue weighted by Crippen LogP contribution is -2.36. The van der Waals surface area contributed by atoms with Gasteiger partial charge in [-0.2, -0.15) is 0 Å². The quantitative estimate of drug-likeness (QED) is 0.229. The molecular formula is C23H37N5O3. The van der Waals surface area contributed by atoms with Gasteiger partial charge in [-0.25, -0.2) is 4.79 Å². The summed E-state index contributed by atoms with van der Waals surface area (Å²) in [4.78, 5) is 35.3. The van der Waals surface area contributed by atoms with E-state index < -0.39 is 0 Å². The number of anilines is 1. The molecule has 1 aromatic carbocycles. The summed E-state index contributed by atoms with van der Waals surface area (Å²) in [6, 6.07) is 6.83. The van der Waals surface area contributed by atoms with Crippen molar-refractivity contribution < 1.29 is 14.4 Å². The summed E-state index contributed by atoms with van der Waals surface area (Å²) in [6.45, 7) is 1.97. The van der Waals surface area contributed by atoms with E-state index in [0.29, 0.717) is 24.3 Å². The highest BCUT2D eigenvalue weighted by Gasteiger charge is 2.17. The van der Waals surface area contributed by atoms with Gasteiger partial charge in [-0.05, 0) is 75.9 Å². The Morgan fingerprint density at radius 2 is 1.74 bits per heavy atom. The van der Waals surface area contributed by atoms with Gasteiger partial charge < -0.3 is 31.8 Å². The zero-order valence-electron chi connectivity index (χ0n) is 18.3. The Balaban J connectivity index is 1.59. The summed E-state index contributed by atoms with van der Waals surface area (Å²) < 4.78 is 0. The van der Waals surface area contributed by atoms with Gasteiger partial charge >= 0.3 is 6.03 Å². The van der Waals surface area contributed by atoms with Gasteiger partial charge in [-0.15, -0.1) is 0 Å². The van der Waals surface area contributed by atoms with Crippen molar-refractivity contribution in [1.82, 2.24) is 16.0 Å². The van der Waals surface area contributed by atoms with Crippen molar-refractivity contribution in [2.24, 2.45) is 5.73 Å². The third-order valence-electron chi connectivity index (χ3n) is 5.52. The van der Waals surface area contributed by atoms with Crippen LogP contribution in [0.3, 0.4) is 0 Å². The molecule has 0 unspecified atom stereocenters. The highest BCUT2D eigenvalue weighted by atomic mass is 16.2. The van der Waals surface area contributed by atoms with Gasteiger partial charge in [0.05, 0.1) is 6.04 Å². The Morgan fingerprint density at radius 3 is 2.42 bits per heavy atom. The lowest BCUT2D eigenvalue weighted by Gasteiger charge is -2.13. The standard InChI is InChI=1S/C23H37N5O3/c24-14-4-3-9-21(17-29)25-15-5-6-16-26-22(30)18-10-12-20(13-11-18)28-23(31)27-19-7-1-2-8-19/h10-13,17,19,21,25H,1-9,14-16,24H2,(H,26,30)(H2,27,28,31)/t21-/m1/s1. The van der Waals surface area contributed by atoms with Gasteiger partial charge in [0.2, 0.25) is 0 Å². The molecule has 0 heterocycles. The van der Waals surface area contributed by atoms with Crippen molar-refractivity contribution in [3.63, 3.8) is 0 Å². The van der Waals surface area contributed by atoms with Crippen LogP contribution in [-0.4, -0.2) is 49.9 Å². The Bertz CT molecular complexity index is 674. The minimum atomic E-state index is -0.200.